The van der Waals surface area contributed by atoms with E-state index in [1.807, 2.05) is 0 Å². The number of hydrogen-bond acceptors (Lipinski definition) is 6. The molecule has 12 atom stereocenters. The summed E-state index contributed by atoms with van der Waals surface area (Å²) in [7, 11) is 0. The summed E-state index contributed by atoms with van der Waals surface area (Å²) in [6.45, 7) is 0. The van der Waals surface area contributed by atoms with Gasteiger partial charge in [-0.05, 0) is 60.2 Å². The van der Waals surface area contributed by atoms with E-state index in [9.17, 15) is 19.2 Å². The van der Waals surface area contributed by atoms with E-state index in [0.29, 0.717) is 23.7 Å². The number of ether oxygens (including phenoxy) is 2. The zero-order chi connectivity index (χ0) is 16.1. The van der Waals surface area contributed by atoms with Crippen LogP contribution in [0.5, 0.6) is 0 Å². The van der Waals surface area contributed by atoms with Gasteiger partial charge < -0.3 is 9.47 Å². The van der Waals surface area contributed by atoms with Gasteiger partial charge in [0, 0.05) is 0 Å². The van der Waals surface area contributed by atoms with Crippen molar-refractivity contribution in [3.63, 3.8) is 0 Å². The highest BCUT2D eigenvalue weighted by molar-refractivity contribution is 5.99. The molecule has 7 fully saturated rings. The van der Waals surface area contributed by atoms with Crippen LogP contribution in [0.4, 0.5) is 0 Å². The third-order valence-corrected chi connectivity index (χ3v) is 8.96. The van der Waals surface area contributed by atoms with Crippen molar-refractivity contribution in [3.8, 4) is 0 Å². The van der Waals surface area contributed by atoms with E-state index in [4.69, 9.17) is 9.47 Å². The van der Waals surface area contributed by atoms with Crippen LogP contribution in [0, 0.1) is 71.0 Å². The number of fused-ring (bicyclic) bond motifs is 18. The molecule has 5 saturated carbocycles. The molecule has 4 bridgehead atoms. The van der Waals surface area contributed by atoms with E-state index in [2.05, 4.69) is 0 Å². The normalized spacial score (nSPS) is 63.7. The lowest BCUT2D eigenvalue weighted by atomic mass is 9.47. The first-order valence-corrected chi connectivity index (χ1v) is 9.09. The number of hydrogen-bond donors (Lipinski definition) is 0. The first-order chi connectivity index (χ1) is 11.6. The molecule has 2 saturated heterocycles. The average molecular weight is 328 g/mol. The second kappa shape index (κ2) is 3.46. The molecular formula is C18H16O6. The Kier molecular flexibility index (Phi) is 1.82. The molecule has 0 spiro atoms. The molecule has 7 rings (SSSR count). The van der Waals surface area contributed by atoms with Crippen LogP contribution in [0.1, 0.15) is 12.8 Å². The standard InChI is InChI=1S/C18H16O6/c19-15-11-5-2-6(12(11)16(20)23-15)8-4-1-3(7(5)8)9-10(4)14-13(9)17(21)24-18(14)22/h3-14H,1-2H2. The average Bonchev–Trinajstić information content (AvgIpc) is 3.23. The van der Waals surface area contributed by atoms with Gasteiger partial charge >= 0.3 is 23.9 Å². The zero-order valence-electron chi connectivity index (χ0n) is 12.8. The van der Waals surface area contributed by atoms with Crippen LogP contribution in [-0.4, -0.2) is 23.9 Å². The Labute approximate surface area is 137 Å². The highest BCUT2D eigenvalue weighted by Gasteiger charge is 2.80. The minimum absolute atomic E-state index is 0.231. The van der Waals surface area contributed by atoms with Gasteiger partial charge in [-0.2, -0.15) is 0 Å². The van der Waals surface area contributed by atoms with E-state index in [1.165, 1.54) is 0 Å². The highest BCUT2D eigenvalue weighted by atomic mass is 16.6. The van der Waals surface area contributed by atoms with Crippen LogP contribution in [0.15, 0.2) is 0 Å². The fourth-order valence-corrected chi connectivity index (χ4v) is 8.80. The second-order valence-electron chi connectivity index (χ2n) is 9.02. The SMILES string of the molecule is O=C1OC(=O)C2C3CC(C12)C1C2CC(C31)C1C3C(=O)OC(=O)C3C21. The molecule has 0 amide bonds. The molecule has 2 aliphatic heterocycles. The van der Waals surface area contributed by atoms with Gasteiger partial charge in [-0.15, -0.1) is 0 Å². The topological polar surface area (TPSA) is 86.7 Å². The predicted octanol–water partition coefficient (Wildman–Crippen LogP) is 0.396. The summed E-state index contributed by atoms with van der Waals surface area (Å²) in [6, 6.07) is 0. The van der Waals surface area contributed by atoms with Crippen molar-refractivity contribution in [2.75, 3.05) is 0 Å². The van der Waals surface area contributed by atoms with Crippen LogP contribution >= 0.6 is 0 Å². The van der Waals surface area contributed by atoms with Gasteiger partial charge in [0.2, 0.25) is 0 Å². The third kappa shape index (κ3) is 1.01. The van der Waals surface area contributed by atoms with Crippen LogP contribution in [0.2, 0.25) is 0 Å². The number of rotatable bonds is 0. The maximum absolute atomic E-state index is 12.1. The molecule has 5 aliphatic carbocycles. The largest absolute Gasteiger partial charge is 0.393 e. The summed E-state index contributed by atoms with van der Waals surface area (Å²) in [6.07, 6.45) is 2.01. The fraction of sp³-hybridized carbons (Fsp3) is 0.778. The van der Waals surface area contributed by atoms with Crippen molar-refractivity contribution in [1.29, 1.82) is 0 Å². The Morgan fingerprint density at radius 2 is 0.875 bits per heavy atom. The van der Waals surface area contributed by atoms with Crippen molar-refractivity contribution < 1.29 is 28.7 Å². The summed E-state index contributed by atoms with van der Waals surface area (Å²) < 4.78 is 9.84. The van der Waals surface area contributed by atoms with Crippen molar-refractivity contribution in [3.05, 3.63) is 0 Å². The van der Waals surface area contributed by atoms with Crippen molar-refractivity contribution in [2.24, 2.45) is 71.0 Å². The minimum Gasteiger partial charge on any atom is -0.393 e. The quantitative estimate of drug-likeness (QED) is 0.363. The van der Waals surface area contributed by atoms with Gasteiger partial charge in [0.15, 0.2) is 0 Å². The Morgan fingerprint density at radius 3 is 1.33 bits per heavy atom. The first-order valence-electron chi connectivity index (χ1n) is 9.09. The van der Waals surface area contributed by atoms with Crippen LogP contribution < -0.4 is 0 Å². The van der Waals surface area contributed by atoms with E-state index in [1.54, 1.807) is 0 Å². The molecular weight excluding hydrogens is 312 g/mol. The fourth-order valence-electron chi connectivity index (χ4n) is 8.80. The predicted molar refractivity (Wildman–Crippen MR) is 73.3 cm³/mol. The maximum Gasteiger partial charge on any atom is 0.317 e. The van der Waals surface area contributed by atoms with Gasteiger partial charge in [0.05, 0.1) is 23.7 Å². The summed E-state index contributed by atoms with van der Waals surface area (Å²) in [5.74, 6) is 0.494. The first kappa shape index (κ1) is 12.6. The highest BCUT2D eigenvalue weighted by Crippen LogP contribution is 2.79. The Balaban J connectivity index is 1.31. The van der Waals surface area contributed by atoms with Gasteiger partial charge in [-0.1, -0.05) is 0 Å². The maximum atomic E-state index is 12.1. The van der Waals surface area contributed by atoms with Gasteiger partial charge in [0.1, 0.15) is 0 Å². The van der Waals surface area contributed by atoms with Gasteiger partial charge in [-0.3, -0.25) is 19.2 Å². The third-order valence-electron chi connectivity index (χ3n) is 8.96. The molecule has 0 N–H and O–H groups in total. The summed E-state index contributed by atoms with van der Waals surface area (Å²) in [5.41, 5.74) is 0. The van der Waals surface area contributed by atoms with E-state index < -0.39 is 0 Å². The van der Waals surface area contributed by atoms with E-state index in [-0.39, 0.29) is 71.2 Å². The second-order valence-corrected chi connectivity index (χ2v) is 9.02. The molecule has 0 aromatic carbocycles. The lowest BCUT2D eigenvalue weighted by Crippen LogP contribution is -2.57. The molecule has 24 heavy (non-hydrogen) atoms. The monoisotopic (exact) mass is 328 g/mol. The van der Waals surface area contributed by atoms with Crippen molar-refractivity contribution in [1.82, 2.24) is 0 Å². The molecule has 12 unspecified atom stereocenters. The number of carbonyl (C=O) groups excluding carboxylic acids is 4. The Hall–Kier alpha value is -1.72. The lowest BCUT2D eigenvalue weighted by molar-refractivity contribution is -0.156. The molecule has 124 valence electrons. The number of carbonyl (C=O) groups is 4. The minimum atomic E-state index is -0.327. The summed E-state index contributed by atoms with van der Waals surface area (Å²) in [4.78, 5) is 48.3. The van der Waals surface area contributed by atoms with Gasteiger partial charge in [0.25, 0.3) is 0 Å². The molecule has 0 radical (unpaired) electrons. The van der Waals surface area contributed by atoms with Gasteiger partial charge in [-0.25, -0.2) is 0 Å². The Bertz CT molecular complexity index is 711. The lowest BCUT2D eigenvalue weighted by Gasteiger charge is -2.54. The van der Waals surface area contributed by atoms with Crippen molar-refractivity contribution >= 4 is 23.9 Å². The number of esters is 4. The Morgan fingerprint density at radius 1 is 0.500 bits per heavy atom. The van der Waals surface area contributed by atoms with Crippen molar-refractivity contribution in [2.45, 2.75) is 12.8 Å². The zero-order valence-corrected chi connectivity index (χ0v) is 12.8. The number of cyclic esters (lactones) is 4. The molecule has 6 heteroatoms. The summed E-state index contributed by atoms with van der Waals surface area (Å²) >= 11 is 0. The molecule has 7 aliphatic rings. The molecule has 0 aromatic rings. The molecule has 2 heterocycles. The smallest absolute Gasteiger partial charge is 0.317 e. The molecule has 6 nitrogen and oxygen atoms in total. The summed E-state index contributed by atoms with van der Waals surface area (Å²) in [5, 5.41) is 0. The van der Waals surface area contributed by atoms with Crippen LogP contribution in [-0.2, 0) is 28.7 Å². The van der Waals surface area contributed by atoms with E-state index in [0.717, 1.165) is 12.8 Å². The molecule has 0 aromatic heterocycles. The van der Waals surface area contributed by atoms with Crippen LogP contribution in [0.3, 0.4) is 0 Å². The van der Waals surface area contributed by atoms with Crippen LogP contribution in [0.25, 0.3) is 0 Å². The van der Waals surface area contributed by atoms with E-state index >= 15 is 0 Å².